The van der Waals surface area contributed by atoms with E-state index in [-0.39, 0.29) is 0 Å². The third kappa shape index (κ3) is 3.37. The molecule has 2 aromatic heterocycles. The van der Waals surface area contributed by atoms with Gasteiger partial charge in [-0.1, -0.05) is 23.7 Å². The first-order chi connectivity index (χ1) is 11.8. The lowest BCUT2D eigenvalue weighted by atomic mass is 9.96. The van der Waals surface area contributed by atoms with Crippen LogP contribution < -0.4 is 0 Å². The lowest BCUT2D eigenvalue weighted by molar-refractivity contribution is 0.193. The molecule has 0 radical (unpaired) electrons. The van der Waals surface area contributed by atoms with Crippen LogP contribution in [0.1, 0.15) is 30.2 Å². The van der Waals surface area contributed by atoms with E-state index in [1.165, 1.54) is 5.56 Å². The number of piperidine rings is 1. The minimum Gasteiger partial charge on any atom is -0.459 e. The molecule has 0 amide bonds. The van der Waals surface area contributed by atoms with E-state index in [1.54, 1.807) is 6.26 Å². The lowest BCUT2D eigenvalue weighted by Crippen LogP contribution is -2.32. The maximum atomic E-state index is 6.06. The van der Waals surface area contributed by atoms with Gasteiger partial charge in [-0.25, -0.2) is 0 Å². The topological polar surface area (TPSA) is 55.3 Å². The average Bonchev–Trinajstić information content (AvgIpc) is 3.27. The van der Waals surface area contributed by atoms with Crippen molar-refractivity contribution in [3.8, 4) is 11.7 Å². The number of nitrogens with zero attached hydrogens (tertiary/aromatic N) is 3. The van der Waals surface area contributed by atoms with Crippen molar-refractivity contribution in [2.45, 2.75) is 25.3 Å². The molecule has 1 aromatic carbocycles. The first-order valence-corrected chi connectivity index (χ1v) is 8.50. The molecule has 5 nitrogen and oxygen atoms in total. The first-order valence-electron chi connectivity index (χ1n) is 8.12. The fraction of sp³-hybridized carbons (Fsp3) is 0.333. The van der Waals surface area contributed by atoms with Crippen LogP contribution in [-0.4, -0.2) is 28.2 Å². The summed E-state index contributed by atoms with van der Waals surface area (Å²) in [5, 5.41) is 9.09. The van der Waals surface area contributed by atoms with Crippen LogP contribution in [0, 0.1) is 0 Å². The van der Waals surface area contributed by atoms with Crippen LogP contribution in [0.5, 0.6) is 0 Å². The van der Waals surface area contributed by atoms with Crippen molar-refractivity contribution >= 4 is 11.6 Å². The molecule has 0 N–H and O–H groups in total. The van der Waals surface area contributed by atoms with E-state index in [1.807, 2.05) is 30.3 Å². The number of furan rings is 1. The van der Waals surface area contributed by atoms with Crippen LogP contribution in [0.3, 0.4) is 0 Å². The minimum absolute atomic E-state index is 0.317. The number of rotatable bonds is 4. The van der Waals surface area contributed by atoms with Crippen LogP contribution in [0.15, 0.2) is 51.5 Å². The lowest BCUT2D eigenvalue weighted by Gasteiger charge is -2.30. The molecule has 1 aliphatic heterocycles. The van der Waals surface area contributed by atoms with Crippen LogP contribution >= 0.6 is 11.6 Å². The number of likely N-dealkylation sites (tertiary alicyclic amines) is 1. The van der Waals surface area contributed by atoms with Crippen molar-refractivity contribution in [2.24, 2.45) is 0 Å². The number of halogens is 1. The summed E-state index contributed by atoms with van der Waals surface area (Å²) in [4.78, 5) is 2.44. The normalized spacial score (nSPS) is 16.5. The predicted molar refractivity (Wildman–Crippen MR) is 90.7 cm³/mol. The summed E-state index contributed by atoms with van der Waals surface area (Å²) in [5.74, 6) is 2.10. The van der Waals surface area contributed by atoms with Crippen LogP contribution in [0.4, 0.5) is 0 Å². The molecule has 6 heteroatoms. The van der Waals surface area contributed by atoms with Crippen molar-refractivity contribution in [1.29, 1.82) is 0 Å². The number of benzene rings is 1. The van der Waals surface area contributed by atoms with E-state index in [4.69, 9.17) is 20.4 Å². The van der Waals surface area contributed by atoms with Gasteiger partial charge < -0.3 is 8.83 Å². The van der Waals surface area contributed by atoms with Gasteiger partial charge in [0.1, 0.15) is 0 Å². The SMILES string of the molecule is Clc1cccc(CN2CCC(c3nnc(-c4ccco4)o3)CC2)c1. The molecule has 0 spiro atoms. The molecule has 0 bridgehead atoms. The van der Waals surface area contributed by atoms with Crippen molar-refractivity contribution < 1.29 is 8.83 Å². The van der Waals surface area contributed by atoms with Gasteiger partial charge in [0.15, 0.2) is 5.76 Å². The van der Waals surface area contributed by atoms with E-state index in [9.17, 15) is 0 Å². The summed E-state index contributed by atoms with van der Waals surface area (Å²) in [5.41, 5.74) is 1.25. The molecule has 3 aromatic rings. The third-order valence-corrected chi connectivity index (χ3v) is 4.64. The van der Waals surface area contributed by atoms with Gasteiger partial charge in [0.05, 0.1) is 6.26 Å². The predicted octanol–water partition coefficient (Wildman–Crippen LogP) is 4.36. The van der Waals surface area contributed by atoms with Crippen molar-refractivity contribution in [1.82, 2.24) is 15.1 Å². The Hall–Kier alpha value is -2.11. The molecule has 1 saturated heterocycles. The highest BCUT2D eigenvalue weighted by Crippen LogP contribution is 2.30. The van der Waals surface area contributed by atoms with Crippen LogP contribution in [0.2, 0.25) is 5.02 Å². The molecule has 0 saturated carbocycles. The smallest absolute Gasteiger partial charge is 0.283 e. The molecule has 3 heterocycles. The second-order valence-corrected chi connectivity index (χ2v) is 6.54. The zero-order valence-corrected chi connectivity index (χ0v) is 13.9. The Kier molecular flexibility index (Phi) is 4.36. The monoisotopic (exact) mass is 343 g/mol. The Morgan fingerprint density at radius 2 is 2.00 bits per heavy atom. The minimum atomic E-state index is 0.317. The third-order valence-electron chi connectivity index (χ3n) is 4.40. The maximum absolute atomic E-state index is 6.06. The van der Waals surface area contributed by atoms with Gasteiger partial charge in [-0.2, -0.15) is 0 Å². The van der Waals surface area contributed by atoms with E-state index in [0.717, 1.165) is 37.5 Å². The second-order valence-electron chi connectivity index (χ2n) is 6.10. The van der Waals surface area contributed by atoms with Gasteiger partial charge in [0.25, 0.3) is 5.89 Å². The molecule has 0 aliphatic carbocycles. The zero-order chi connectivity index (χ0) is 16.4. The van der Waals surface area contributed by atoms with Crippen molar-refractivity contribution in [2.75, 3.05) is 13.1 Å². The van der Waals surface area contributed by atoms with E-state index < -0.39 is 0 Å². The molecular formula is C18H18ClN3O2. The van der Waals surface area contributed by atoms with Crippen LogP contribution in [0.25, 0.3) is 11.7 Å². The Balaban J connectivity index is 1.36. The second kappa shape index (κ2) is 6.79. The summed E-state index contributed by atoms with van der Waals surface area (Å²) < 4.78 is 11.1. The largest absolute Gasteiger partial charge is 0.459 e. The van der Waals surface area contributed by atoms with Crippen molar-refractivity contribution in [3.63, 3.8) is 0 Å². The number of hydrogen-bond donors (Lipinski definition) is 0. The summed E-state index contributed by atoms with van der Waals surface area (Å²) in [6, 6.07) is 11.7. The van der Waals surface area contributed by atoms with Gasteiger partial charge in [0, 0.05) is 17.5 Å². The van der Waals surface area contributed by atoms with Gasteiger partial charge >= 0.3 is 0 Å². The highest BCUT2D eigenvalue weighted by molar-refractivity contribution is 6.30. The summed E-state index contributed by atoms with van der Waals surface area (Å²) >= 11 is 6.06. The van der Waals surface area contributed by atoms with Crippen molar-refractivity contribution in [3.05, 3.63) is 59.1 Å². The Morgan fingerprint density at radius 3 is 2.75 bits per heavy atom. The average molecular weight is 344 g/mol. The molecule has 1 aliphatic rings. The highest BCUT2D eigenvalue weighted by Gasteiger charge is 2.25. The van der Waals surface area contributed by atoms with Gasteiger partial charge in [-0.3, -0.25) is 4.90 Å². The van der Waals surface area contributed by atoms with Crippen LogP contribution in [-0.2, 0) is 6.54 Å². The molecule has 24 heavy (non-hydrogen) atoms. The van der Waals surface area contributed by atoms with Gasteiger partial charge in [-0.15, -0.1) is 10.2 Å². The Labute approximate surface area is 145 Å². The van der Waals surface area contributed by atoms with Gasteiger partial charge in [-0.05, 0) is 55.8 Å². The number of hydrogen-bond acceptors (Lipinski definition) is 5. The summed E-state index contributed by atoms with van der Waals surface area (Å²) in [6.45, 7) is 2.94. The molecule has 0 atom stereocenters. The molecule has 0 unspecified atom stereocenters. The summed E-state index contributed by atoms with van der Waals surface area (Å²) in [7, 11) is 0. The Morgan fingerprint density at radius 1 is 1.12 bits per heavy atom. The van der Waals surface area contributed by atoms with Gasteiger partial charge in [0.2, 0.25) is 5.89 Å². The highest BCUT2D eigenvalue weighted by atomic mass is 35.5. The first kappa shape index (κ1) is 15.4. The standard InChI is InChI=1S/C18H18ClN3O2/c19-15-4-1-3-13(11-15)12-22-8-6-14(7-9-22)17-20-21-18(24-17)16-5-2-10-23-16/h1-5,10-11,14H,6-9,12H2. The van der Waals surface area contributed by atoms with E-state index in [0.29, 0.717) is 23.5 Å². The molecule has 4 rings (SSSR count). The molecular weight excluding hydrogens is 326 g/mol. The Bertz CT molecular complexity index is 792. The molecule has 124 valence electrons. The van der Waals surface area contributed by atoms with E-state index >= 15 is 0 Å². The maximum Gasteiger partial charge on any atom is 0.283 e. The zero-order valence-electron chi connectivity index (χ0n) is 13.2. The summed E-state index contributed by atoms with van der Waals surface area (Å²) in [6.07, 6.45) is 3.63. The quantitative estimate of drug-likeness (QED) is 0.704. The van der Waals surface area contributed by atoms with E-state index in [2.05, 4.69) is 21.2 Å². The number of aromatic nitrogens is 2. The fourth-order valence-electron chi connectivity index (χ4n) is 3.13. The fourth-order valence-corrected chi connectivity index (χ4v) is 3.34. The molecule has 1 fully saturated rings.